The van der Waals surface area contributed by atoms with E-state index in [2.05, 4.69) is 31.1 Å². The lowest BCUT2D eigenvalue weighted by Crippen LogP contribution is -2.37. The zero-order valence-electron chi connectivity index (χ0n) is 24.5. The van der Waals surface area contributed by atoms with Crippen molar-refractivity contribution in [3.63, 3.8) is 0 Å². The van der Waals surface area contributed by atoms with Gasteiger partial charge in [-0.3, -0.25) is 23.8 Å². The van der Waals surface area contributed by atoms with Gasteiger partial charge in [0.05, 0.1) is 28.2 Å². The Morgan fingerprint density at radius 1 is 1.00 bits per heavy atom. The number of hydrogen-bond donors (Lipinski definition) is 1. The molecule has 228 valence electrons. The Bertz CT molecular complexity index is 1920. The van der Waals surface area contributed by atoms with E-state index in [1.165, 1.54) is 4.57 Å². The maximum Gasteiger partial charge on any atom is 0.333 e. The van der Waals surface area contributed by atoms with Crippen LogP contribution in [0, 0.1) is 0 Å². The highest BCUT2D eigenvalue weighted by Crippen LogP contribution is 2.29. The van der Waals surface area contributed by atoms with E-state index in [1.54, 1.807) is 10.8 Å². The molecule has 3 heterocycles. The molecule has 3 aromatic carbocycles. The summed E-state index contributed by atoms with van der Waals surface area (Å²) in [5, 5.41) is 3.76. The number of ether oxygens (including phenoxy) is 1. The van der Waals surface area contributed by atoms with Crippen LogP contribution in [0.5, 0.6) is 5.75 Å². The van der Waals surface area contributed by atoms with E-state index < -0.39 is 0 Å². The molecule has 0 bridgehead atoms. The largest absolute Gasteiger partial charge is 0.490 e. The maximum atomic E-state index is 14.1. The highest BCUT2D eigenvalue weighted by atomic mass is 79.9. The standard InChI is InChI=1S/C35H31BrClN5O3/c36-29-15-8-23(19-30(29)37)21-40-17-18-41-32(22-40)33(42(35(41)44)25-9-11-26(12-10-25)45-27-13-14-27)34(43)39-20-24-5-1-2-6-28(24)31-7-3-4-16-38-31/h1-12,15-16,19,27H,13-14,17-18,20-22H2,(H,39,43). The van der Waals surface area contributed by atoms with Gasteiger partial charge in [-0.2, -0.15) is 0 Å². The molecule has 2 aromatic heterocycles. The Labute approximate surface area is 274 Å². The minimum atomic E-state index is -0.316. The SMILES string of the molecule is O=C(NCc1ccccc1-c1ccccn1)c1c2n(c(=O)n1-c1ccc(OC3CC3)cc1)CCN(Cc1ccc(Br)c(Cl)c1)C2. The molecule has 1 fully saturated rings. The fourth-order valence-corrected chi connectivity index (χ4v) is 6.22. The van der Waals surface area contributed by atoms with Crippen molar-refractivity contribution >= 4 is 33.4 Å². The fraction of sp³-hybridized carbons (Fsp3) is 0.229. The zero-order valence-corrected chi connectivity index (χ0v) is 26.8. The van der Waals surface area contributed by atoms with Crippen molar-refractivity contribution in [1.82, 2.24) is 24.3 Å². The third-order valence-corrected chi connectivity index (χ3v) is 9.42. The minimum Gasteiger partial charge on any atom is -0.490 e. The molecular weight excluding hydrogens is 654 g/mol. The number of benzene rings is 3. The van der Waals surface area contributed by atoms with Gasteiger partial charge in [0.15, 0.2) is 0 Å². The predicted octanol–water partition coefficient (Wildman–Crippen LogP) is 6.60. The van der Waals surface area contributed by atoms with Gasteiger partial charge in [-0.1, -0.05) is 48.0 Å². The van der Waals surface area contributed by atoms with Crippen LogP contribution < -0.4 is 15.7 Å². The molecule has 10 heteroatoms. The molecule has 1 saturated carbocycles. The van der Waals surface area contributed by atoms with Crippen LogP contribution in [0.3, 0.4) is 0 Å². The number of aromatic nitrogens is 3. The molecule has 0 radical (unpaired) electrons. The first kappa shape index (κ1) is 29.5. The summed E-state index contributed by atoms with van der Waals surface area (Å²) in [5.41, 5.74) is 5.18. The van der Waals surface area contributed by atoms with Gasteiger partial charge in [0.2, 0.25) is 0 Å². The van der Waals surface area contributed by atoms with Crippen LogP contribution in [0.1, 0.15) is 40.2 Å². The minimum absolute atomic E-state index is 0.230. The fourth-order valence-electron chi connectivity index (χ4n) is 5.77. The van der Waals surface area contributed by atoms with Crippen LogP contribution in [0.2, 0.25) is 5.02 Å². The van der Waals surface area contributed by atoms with Crippen LogP contribution >= 0.6 is 27.5 Å². The van der Waals surface area contributed by atoms with Crippen molar-refractivity contribution < 1.29 is 9.53 Å². The van der Waals surface area contributed by atoms with Crippen LogP contribution in [0.15, 0.2) is 100 Å². The van der Waals surface area contributed by atoms with Gasteiger partial charge in [-0.15, -0.1) is 0 Å². The van der Waals surface area contributed by atoms with Crippen molar-refractivity contribution in [2.75, 3.05) is 6.54 Å². The molecule has 1 aliphatic heterocycles. The maximum absolute atomic E-state index is 14.1. The Morgan fingerprint density at radius 2 is 1.80 bits per heavy atom. The summed E-state index contributed by atoms with van der Waals surface area (Å²) < 4.78 is 10.0. The topological polar surface area (TPSA) is 81.4 Å². The number of hydrogen-bond acceptors (Lipinski definition) is 5. The number of nitrogens with one attached hydrogen (secondary N) is 1. The number of halogens is 2. The lowest BCUT2D eigenvalue weighted by atomic mass is 10.0. The molecule has 45 heavy (non-hydrogen) atoms. The van der Waals surface area contributed by atoms with Crippen molar-refractivity contribution in [2.45, 2.75) is 45.1 Å². The number of nitrogens with zero attached hydrogens (tertiary/aromatic N) is 4. The first-order valence-electron chi connectivity index (χ1n) is 15.0. The normalized spacial score (nSPS) is 14.6. The quantitative estimate of drug-likeness (QED) is 0.189. The third-order valence-electron chi connectivity index (χ3n) is 8.18. The summed E-state index contributed by atoms with van der Waals surface area (Å²) in [4.78, 5) is 34.8. The molecule has 8 nitrogen and oxygen atoms in total. The summed E-state index contributed by atoms with van der Waals surface area (Å²) in [6.45, 7) is 2.48. The number of amides is 1. The molecule has 1 amide bonds. The van der Waals surface area contributed by atoms with Gasteiger partial charge >= 0.3 is 5.69 Å². The average Bonchev–Trinajstić information content (AvgIpc) is 3.84. The highest BCUT2D eigenvalue weighted by Gasteiger charge is 2.30. The van der Waals surface area contributed by atoms with Gasteiger partial charge in [0.1, 0.15) is 11.4 Å². The van der Waals surface area contributed by atoms with E-state index in [1.807, 2.05) is 84.9 Å². The van der Waals surface area contributed by atoms with Gasteiger partial charge in [0, 0.05) is 49.0 Å². The summed E-state index contributed by atoms with van der Waals surface area (Å²) in [7, 11) is 0. The van der Waals surface area contributed by atoms with Crippen molar-refractivity contribution in [3.8, 4) is 22.7 Å². The second-order valence-electron chi connectivity index (χ2n) is 11.4. The van der Waals surface area contributed by atoms with E-state index in [9.17, 15) is 9.59 Å². The van der Waals surface area contributed by atoms with Crippen LogP contribution in [-0.4, -0.2) is 37.6 Å². The molecule has 0 atom stereocenters. The first-order valence-corrected chi connectivity index (χ1v) is 16.2. The molecule has 0 unspecified atom stereocenters. The van der Waals surface area contributed by atoms with E-state index >= 15 is 0 Å². The lowest BCUT2D eigenvalue weighted by molar-refractivity contribution is 0.0940. The molecule has 2 aliphatic rings. The van der Waals surface area contributed by atoms with E-state index in [4.69, 9.17) is 16.3 Å². The summed E-state index contributed by atoms with van der Waals surface area (Å²) in [6, 6.07) is 27.0. The summed E-state index contributed by atoms with van der Waals surface area (Å²) in [5.74, 6) is 0.443. The number of pyridine rings is 1. The highest BCUT2D eigenvalue weighted by molar-refractivity contribution is 9.10. The van der Waals surface area contributed by atoms with Crippen molar-refractivity contribution in [1.29, 1.82) is 0 Å². The van der Waals surface area contributed by atoms with Crippen molar-refractivity contribution in [3.05, 3.63) is 134 Å². The number of rotatable bonds is 9. The van der Waals surface area contributed by atoms with Crippen LogP contribution in [-0.2, 0) is 26.2 Å². The summed E-state index contributed by atoms with van der Waals surface area (Å²) >= 11 is 9.83. The average molecular weight is 685 g/mol. The molecule has 1 N–H and O–H groups in total. The van der Waals surface area contributed by atoms with E-state index in [0.29, 0.717) is 48.3 Å². The second-order valence-corrected chi connectivity index (χ2v) is 12.7. The monoisotopic (exact) mass is 683 g/mol. The van der Waals surface area contributed by atoms with Crippen molar-refractivity contribution in [2.24, 2.45) is 0 Å². The number of imidazole rings is 1. The Balaban J connectivity index is 1.22. The van der Waals surface area contributed by atoms with Gasteiger partial charge in [-0.25, -0.2) is 4.79 Å². The van der Waals surface area contributed by atoms with E-state index in [-0.39, 0.29) is 24.2 Å². The zero-order chi connectivity index (χ0) is 30.9. The molecule has 5 aromatic rings. The number of fused-ring (bicyclic) bond motifs is 1. The molecule has 7 rings (SSSR count). The predicted molar refractivity (Wildman–Crippen MR) is 178 cm³/mol. The Kier molecular flexibility index (Phi) is 8.31. The van der Waals surface area contributed by atoms with E-state index in [0.717, 1.165) is 45.4 Å². The summed E-state index contributed by atoms with van der Waals surface area (Å²) in [6.07, 6.45) is 4.14. The lowest BCUT2D eigenvalue weighted by Gasteiger charge is -2.28. The van der Waals surface area contributed by atoms with Gasteiger partial charge in [0.25, 0.3) is 5.91 Å². The number of carbonyl (C=O) groups is 1. The first-order chi connectivity index (χ1) is 21.9. The Morgan fingerprint density at radius 3 is 2.56 bits per heavy atom. The van der Waals surface area contributed by atoms with Gasteiger partial charge < -0.3 is 10.1 Å². The smallest absolute Gasteiger partial charge is 0.333 e. The van der Waals surface area contributed by atoms with Gasteiger partial charge in [-0.05, 0) is 88.4 Å². The second kappa shape index (κ2) is 12.7. The molecule has 1 aliphatic carbocycles. The Hall–Kier alpha value is -4.18. The number of carbonyl (C=O) groups excluding carboxylic acids is 1. The molecule has 0 saturated heterocycles. The molecular formula is C35H31BrClN5O3. The van der Waals surface area contributed by atoms with Crippen LogP contribution in [0.25, 0.3) is 16.9 Å². The van der Waals surface area contributed by atoms with Crippen LogP contribution in [0.4, 0.5) is 0 Å². The molecule has 0 spiro atoms. The third kappa shape index (κ3) is 6.33.